The summed E-state index contributed by atoms with van der Waals surface area (Å²) in [6.45, 7) is 3.92. The second-order valence-electron chi connectivity index (χ2n) is 14.7. The van der Waals surface area contributed by atoms with Crippen LogP contribution in [-0.4, -0.2) is 22.2 Å². The van der Waals surface area contributed by atoms with Gasteiger partial charge in [0.1, 0.15) is 23.7 Å². The molecule has 2 atom stereocenters. The Labute approximate surface area is 330 Å². The fraction of sp³-hybridized carbons (Fsp3) is 0.0980. The Hall–Kier alpha value is -7.18. The fourth-order valence-corrected chi connectivity index (χ4v) is 8.42. The molecule has 6 heteroatoms. The molecule has 6 nitrogen and oxygen atoms in total. The van der Waals surface area contributed by atoms with Crippen molar-refractivity contribution in [2.24, 2.45) is 0 Å². The number of carboxylic acids is 2. The highest BCUT2D eigenvalue weighted by molar-refractivity contribution is 5.92. The van der Waals surface area contributed by atoms with Gasteiger partial charge < -0.3 is 19.7 Å². The van der Waals surface area contributed by atoms with Crippen LogP contribution >= 0.6 is 0 Å². The summed E-state index contributed by atoms with van der Waals surface area (Å²) in [4.78, 5) is 22.7. The lowest BCUT2D eigenvalue weighted by molar-refractivity contribution is 0.0686. The molecule has 0 fully saturated rings. The van der Waals surface area contributed by atoms with E-state index in [1.807, 2.05) is 26.0 Å². The van der Waals surface area contributed by atoms with Crippen LogP contribution in [0.1, 0.15) is 80.2 Å². The van der Waals surface area contributed by atoms with Crippen LogP contribution < -0.4 is 9.47 Å². The zero-order valence-electron chi connectivity index (χ0n) is 31.3. The van der Waals surface area contributed by atoms with Gasteiger partial charge in [0.15, 0.2) is 0 Å². The molecular formula is C51H38O6. The summed E-state index contributed by atoms with van der Waals surface area (Å²) < 4.78 is 12.7. The predicted octanol–water partition coefficient (Wildman–Crippen LogP) is 12.0. The van der Waals surface area contributed by atoms with Gasteiger partial charge in [-0.25, -0.2) is 9.59 Å². The molecule has 0 bridgehead atoms. The topological polar surface area (TPSA) is 93.1 Å². The quantitative estimate of drug-likeness (QED) is 0.145. The normalized spacial score (nSPS) is 13.7. The smallest absolute Gasteiger partial charge is 0.335 e. The Morgan fingerprint density at radius 1 is 0.456 bits per heavy atom. The van der Waals surface area contributed by atoms with Crippen molar-refractivity contribution in [3.63, 3.8) is 0 Å². The number of aromatic carboxylic acids is 2. The first-order chi connectivity index (χ1) is 27.7. The fourth-order valence-electron chi connectivity index (χ4n) is 8.42. The van der Waals surface area contributed by atoms with Gasteiger partial charge in [-0.2, -0.15) is 0 Å². The monoisotopic (exact) mass is 746 g/mol. The molecule has 1 aliphatic rings. The molecule has 0 spiro atoms. The highest BCUT2D eigenvalue weighted by Crippen LogP contribution is 2.56. The molecule has 278 valence electrons. The zero-order chi connectivity index (χ0) is 39.3. The summed E-state index contributed by atoms with van der Waals surface area (Å²) in [6, 6.07) is 56.8. The average molecular weight is 747 g/mol. The minimum Gasteiger partial charge on any atom is -0.486 e. The largest absolute Gasteiger partial charge is 0.486 e. The third-order valence-corrected chi connectivity index (χ3v) is 11.3. The van der Waals surface area contributed by atoms with Crippen LogP contribution in [0.25, 0.3) is 32.7 Å². The number of hydrogen-bond donors (Lipinski definition) is 2. The van der Waals surface area contributed by atoms with Crippen molar-refractivity contribution in [2.45, 2.75) is 31.5 Å². The van der Waals surface area contributed by atoms with Crippen molar-refractivity contribution in [3.8, 4) is 22.6 Å². The molecule has 0 aliphatic heterocycles. The van der Waals surface area contributed by atoms with Crippen molar-refractivity contribution in [3.05, 3.63) is 214 Å². The second kappa shape index (κ2) is 14.2. The van der Waals surface area contributed by atoms with E-state index < -0.39 is 17.4 Å². The molecule has 0 heterocycles. The van der Waals surface area contributed by atoms with E-state index in [-0.39, 0.29) is 23.3 Å². The maximum atomic E-state index is 11.3. The summed E-state index contributed by atoms with van der Waals surface area (Å²) in [6.07, 6.45) is -0.535. The van der Waals surface area contributed by atoms with E-state index in [1.165, 1.54) is 22.3 Å². The Kier molecular flexibility index (Phi) is 8.82. The molecule has 8 aromatic carbocycles. The Morgan fingerprint density at radius 2 is 0.825 bits per heavy atom. The van der Waals surface area contributed by atoms with Crippen LogP contribution in [0.4, 0.5) is 0 Å². The molecule has 0 amide bonds. The molecular weight excluding hydrogens is 709 g/mol. The van der Waals surface area contributed by atoms with E-state index >= 15 is 0 Å². The van der Waals surface area contributed by atoms with E-state index in [1.54, 1.807) is 48.5 Å². The third-order valence-electron chi connectivity index (χ3n) is 11.3. The minimum absolute atomic E-state index is 0.246. The molecule has 57 heavy (non-hydrogen) atoms. The molecule has 0 saturated carbocycles. The lowest BCUT2D eigenvalue weighted by Gasteiger charge is -2.34. The van der Waals surface area contributed by atoms with Crippen molar-refractivity contribution in [2.75, 3.05) is 0 Å². The number of ether oxygens (including phenoxy) is 2. The lowest BCUT2D eigenvalue weighted by Crippen LogP contribution is -2.28. The molecule has 2 unspecified atom stereocenters. The predicted molar refractivity (Wildman–Crippen MR) is 224 cm³/mol. The van der Waals surface area contributed by atoms with Gasteiger partial charge in [-0.05, 0) is 141 Å². The number of rotatable bonds is 10. The first-order valence-electron chi connectivity index (χ1n) is 19.0. The zero-order valence-corrected chi connectivity index (χ0v) is 31.3. The second-order valence-corrected chi connectivity index (χ2v) is 14.7. The van der Waals surface area contributed by atoms with Gasteiger partial charge in [-0.1, -0.05) is 109 Å². The third kappa shape index (κ3) is 6.25. The van der Waals surface area contributed by atoms with Crippen LogP contribution in [0.15, 0.2) is 170 Å². The SMILES string of the molecule is CC(Oc1ccc2cc(C3(c4ccc5cc(OC(C)c6ccc(C(=O)O)cc6)ccc5c4)c4ccccc4-c4ccccc43)ccc2c1)c1ccc(C(=O)O)cc1. The first-order valence-corrected chi connectivity index (χ1v) is 19.0. The van der Waals surface area contributed by atoms with E-state index in [0.717, 1.165) is 55.3 Å². The van der Waals surface area contributed by atoms with Gasteiger partial charge in [0, 0.05) is 0 Å². The van der Waals surface area contributed by atoms with Gasteiger partial charge in [-0.3, -0.25) is 0 Å². The number of benzene rings is 8. The molecule has 0 saturated heterocycles. The van der Waals surface area contributed by atoms with Gasteiger partial charge in [0.2, 0.25) is 0 Å². The van der Waals surface area contributed by atoms with Crippen molar-refractivity contribution in [1.29, 1.82) is 0 Å². The van der Waals surface area contributed by atoms with Crippen molar-refractivity contribution in [1.82, 2.24) is 0 Å². The summed E-state index contributed by atoms with van der Waals surface area (Å²) in [5.41, 5.74) is 8.92. The Balaban J connectivity index is 1.09. The Bertz CT molecular complexity index is 2640. The minimum atomic E-state index is -0.952. The van der Waals surface area contributed by atoms with E-state index in [0.29, 0.717) is 0 Å². The maximum absolute atomic E-state index is 11.3. The number of carbonyl (C=O) groups is 2. The number of hydrogen-bond acceptors (Lipinski definition) is 4. The van der Waals surface area contributed by atoms with Crippen LogP contribution in [-0.2, 0) is 5.41 Å². The van der Waals surface area contributed by atoms with Gasteiger partial charge in [-0.15, -0.1) is 0 Å². The van der Waals surface area contributed by atoms with Gasteiger partial charge in [0.25, 0.3) is 0 Å². The van der Waals surface area contributed by atoms with Crippen LogP contribution in [0, 0.1) is 0 Å². The molecule has 1 aliphatic carbocycles. The number of fused-ring (bicyclic) bond motifs is 5. The van der Waals surface area contributed by atoms with Crippen LogP contribution in [0.5, 0.6) is 11.5 Å². The van der Waals surface area contributed by atoms with E-state index in [9.17, 15) is 19.8 Å². The molecule has 8 aromatic rings. The average Bonchev–Trinajstić information content (AvgIpc) is 3.54. The first kappa shape index (κ1) is 35.5. The molecule has 9 rings (SSSR count). The highest BCUT2D eigenvalue weighted by Gasteiger charge is 2.46. The molecule has 0 aromatic heterocycles. The van der Waals surface area contributed by atoms with Crippen molar-refractivity contribution < 1.29 is 29.3 Å². The highest BCUT2D eigenvalue weighted by atomic mass is 16.5. The summed E-state index contributed by atoms with van der Waals surface area (Å²) in [5.74, 6) is -0.433. The lowest BCUT2D eigenvalue weighted by atomic mass is 9.67. The summed E-state index contributed by atoms with van der Waals surface area (Å²) in [5, 5.41) is 22.9. The maximum Gasteiger partial charge on any atom is 0.335 e. The summed E-state index contributed by atoms with van der Waals surface area (Å²) >= 11 is 0. The molecule has 2 N–H and O–H groups in total. The Morgan fingerprint density at radius 3 is 1.23 bits per heavy atom. The van der Waals surface area contributed by atoms with E-state index in [2.05, 4.69) is 109 Å². The van der Waals surface area contributed by atoms with E-state index in [4.69, 9.17) is 9.47 Å². The standard InChI is InChI=1S/C51H38O6/c1-31(33-11-15-35(16-12-33)49(52)53)56-43-25-21-37-27-41(23-19-39(37)29-43)51(47-9-5-3-7-45(47)46-8-4-6-10-48(46)51)42-24-20-40-30-44(26-22-38(40)28-42)57-32(2)34-13-17-36(18-14-34)50(54)55/h3-32H,1-2H3,(H,52,53)(H,54,55). The number of carboxylic acid groups (broad SMARTS) is 2. The van der Waals surface area contributed by atoms with Gasteiger partial charge in [0.05, 0.1) is 16.5 Å². The van der Waals surface area contributed by atoms with Crippen LogP contribution in [0.3, 0.4) is 0 Å². The molecule has 0 radical (unpaired) electrons. The van der Waals surface area contributed by atoms with Gasteiger partial charge >= 0.3 is 11.9 Å². The summed E-state index contributed by atoms with van der Waals surface area (Å²) in [7, 11) is 0. The van der Waals surface area contributed by atoms with Crippen molar-refractivity contribution >= 4 is 33.5 Å². The van der Waals surface area contributed by atoms with Crippen LogP contribution in [0.2, 0.25) is 0 Å².